The molecule has 7 heterocycles. The van der Waals surface area contributed by atoms with Crippen LogP contribution in [0.3, 0.4) is 0 Å². The van der Waals surface area contributed by atoms with E-state index in [4.69, 9.17) is 22.1 Å². The fourth-order valence-corrected chi connectivity index (χ4v) is 3.75. The van der Waals surface area contributed by atoms with Gasteiger partial charge < -0.3 is 27.4 Å². The molecule has 1 amide bonds. The van der Waals surface area contributed by atoms with E-state index in [1.165, 1.54) is 31.3 Å². The van der Waals surface area contributed by atoms with Gasteiger partial charge in [-0.05, 0) is 12.2 Å². The predicted octanol–water partition coefficient (Wildman–Crippen LogP) is 3.59. The quantitative estimate of drug-likeness (QED) is 0.331. The van der Waals surface area contributed by atoms with Gasteiger partial charge in [0.1, 0.15) is 42.7 Å². The summed E-state index contributed by atoms with van der Waals surface area (Å²) >= 11 is 0. The molecule has 0 aromatic carbocycles. The molecule has 1 N–H and O–H groups in total. The van der Waals surface area contributed by atoms with Crippen molar-refractivity contribution in [3.8, 4) is 34.8 Å². The first-order chi connectivity index (χ1) is 18.2. The van der Waals surface area contributed by atoms with Crippen LogP contribution in [0.1, 0.15) is 29.6 Å². The molecule has 7 rings (SSSR count). The number of aliphatic imine (C=N–C) groups is 1. The maximum Gasteiger partial charge on any atom is 0.269 e. The number of hydrogen-bond donors (Lipinski definition) is 1. The lowest BCUT2D eigenvalue weighted by Gasteiger charge is -2.00. The first kappa shape index (κ1) is 21.0. The highest BCUT2D eigenvalue weighted by molar-refractivity contribution is 6.07. The summed E-state index contributed by atoms with van der Waals surface area (Å²) in [6.07, 6.45) is 13.4. The molecule has 0 atom stereocenters. The Hall–Kier alpha value is -5.33. The minimum atomic E-state index is -0.376. The van der Waals surface area contributed by atoms with Crippen LogP contribution in [0.5, 0.6) is 0 Å². The van der Waals surface area contributed by atoms with E-state index in [0.29, 0.717) is 58.8 Å². The van der Waals surface area contributed by atoms with Crippen molar-refractivity contribution in [3.05, 3.63) is 72.3 Å². The summed E-state index contributed by atoms with van der Waals surface area (Å²) in [6.45, 7) is 0.0494. The Morgan fingerprint density at radius 1 is 0.703 bits per heavy atom. The third-order valence-corrected chi connectivity index (χ3v) is 5.55. The monoisotopic (exact) mass is 497 g/mol. The molecule has 13 nitrogen and oxygen atoms in total. The minimum absolute atomic E-state index is 0.0494. The van der Waals surface area contributed by atoms with Gasteiger partial charge in [-0.15, -0.1) is 0 Å². The SMILES string of the molecule is O=C1NCc2nc(co2)-c2nc(co2)-c2nc(co2)C/C=C/c2nc(co2)-c2nc(co2)C2=NC1=CC2. The molecule has 5 aromatic heterocycles. The van der Waals surface area contributed by atoms with Crippen LogP contribution in [0.15, 0.2) is 76.2 Å². The van der Waals surface area contributed by atoms with Crippen molar-refractivity contribution in [2.75, 3.05) is 0 Å². The number of nitrogens with zero attached hydrogens (tertiary/aromatic N) is 6. The van der Waals surface area contributed by atoms with Gasteiger partial charge in [0.15, 0.2) is 17.1 Å². The summed E-state index contributed by atoms with van der Waals surface area (Å²) in [5.41, 5.74) is 3.25. The highest BCUT2D eigenvalue weighted by Gasteiger charge is 2.22. The van der Waals surface area contributed by atoms with E-state index in [2.05, 4.69) is 35.2 Å². The van der Waals surface area contributed by atoms with Gasteiger partial charge in [0.05, 0.1) is 18.0 Å². The molecule has 0 aliphatic carbocycles. The highest BCUT2D eigenvalue weighted by atomic mass is 16.4. The number of allylic oxidation sites excluding steroid dienone is 2. The van der Waals surface area contributed by atoms with Crippen molar-refractivity contribution in [1.29, 1.82) is 0 Å². The van der Waals surface area contributed by atoms with Crippen molar-refractivity contribution in [2.45, 2.75) is 19.4 Å². The molecule has 0 fully saturated rings. The van der Waals surface area contributed by atoms with Crippen molar-refractivity contribution < 1.29 is 26.9 Å². The van der Waals surface area contributed by atoms with Gasteiger partial charge in [0.2, 0.25) is 29.5 Å². The molecule has 37 heavy (non-hydrogen) atoms. The Labute approximate surface area is 206 Å². The molecule has 2 aliphatic heterocycles. The minimum Gasteiger partial charge on any atom is -0.446 e. The molecule has 0 spiro atoms. The number of oxazole rings is 5. The zero-order valence-corrected chi connectivity index (χ0v) is 18.9. The molecule has 13 heteroatoms. The second kappa shape index (κ2) is 8.41. The molecule has 182 valence electrons. The van der Waals surface area contributed by atoms with Crippen LogP contribution in [0.2, 0.25) is 0 Å². The maximum absolute atomic E-state index is 12.6. The maximum atomic E-state index is 12.6. The molecule has 0 unspecified atom stereocenters. The molecule has 0 saturated carbocycles. The number of carbonyl (C=O) groups excluding carboxylic acids is 1. The van der Waals surface area contributed by atoms with Gasteiger partial charge in [-0.1, -0.05) is 6.08 Å². The second-order valence-corrected chi connectivity index (χ2v) is 8.06. The average molecular weight is 497 g/mol. The van der Waals surface area contributed by atoms with Crippen LogP contribution < -0.4 is 5.32 Å². The summed E-state index contributed by atoms with van der Waals surface area (Å²) in [6, 6.07) is 0. The van der Waals surface area contributed by atoms with Gasteiger partial charge in [-0.3, -0.25) is 4.79 Å². The number of amides is 1. The van der Waals surface area contributed by atoms with Crippen LogP contribution in [-0.4, -0.2) is 36.5 Å². The van der Waals surface area contributed by atoms with E-state index in [1.54, 1.807) is 12.2 Å². The smallest absolute Gasteiger partial charge is 0.269 e. The third kappa shape index (κ3) is 3.97. The highest BCUT2D eigenvalue weighted by Crippen LogP contribution is 2.25. The van der Waals surface area contributed by atoms with Crippen molar-refractivity contribution in [3.63, 3.8) is 0 Å². The van der Waals surface area contributed by atoms with E-state index >= 15 is 0 Å². The van der Waals surface area contributed by atoms with Gasteiger partial charge in [-0.2, -0.15) is 0 Å². The fourth-order valence-electron chi connectivity index (χ4n) is 3.75. The van der Waals surface area contributed by atoms with Gasteiger partial charge in [0, 0.05) is 12.8 Å². The largest absolute Gasteiger partial charge is 0.446 e. The molecule has 5 aromatic rings. The Morgan fingerprint density at radius 3 is 2.32 bits per heavy atom. The molecule has 2 aliphatic rings. The Kier molecular flexibility index (Phi) is 4.77. The fraction of sp³-hybridized carbons (Fsp3) is 0.125. The molecule has 12 bridgehead atoms. The second-order valence-electron chi connectivity index (χ2n) is 8.06. The number of hydrogen-bond acceptors (Lipinski definition) is 12. The Morgan fingerprint density at radius 2 is 1.41 bits per heavy atom. The van der Waals surface area contributed by atoms with Crippen LogP contribution in [0.25, 0.3) is 40.8 Å². The van der Waals surface area contributed by atoms with Crippen molar-refractivity contribution in [1.82, 2.24) is 30.2 Å². The Bertz CT molecular complexity index is 1730. The number of rotatable bonds is 0. The van der Waals surface area contributed by atoms with Crippen LogP contribution in [0, 0.1) is 0 Å². The lowest BCUT2D eigenvalue weighted by atomic mass is 10.2. The third-order valence-electron chi connectivity index (χ3n) is 5.55. The van der Waals surface area contributed by atoms with Gasteiger partial charge in [0.25, 0.3) is 5.91 Å². The number of nitrogens with one attached hydrogen (secondary N) is 1. The molecular formula is C24H15N7O6. The molecule has 0 saturated heterocycles. The average Bonchev–Trinajstić information content (AvgIpc) is 3.74. The summed E-state index contributed by atoms with van der Waals surface area (Å²) in [7, 11) is 0. The number of aromatic nitrogens is 5. The zero-order chi connectivity index (χ0) is 24.8. The lowest BCUT2D eigenvalue weighted by Crippen LogP contribution is -2.23. The van der Waals surface area contributed by atoms with E-state index in [1.807, 2.05) is 6.08 Å². The first-order valence-corrected chi connectivity index (χ1v) is 11.2. The number of carbonyl (C=O) groups is 1. The molecular weight excluding hydrogens is 482 g/mol. The summed E-state index contributed by atoms with van der Waals surface area (Å²) in [5.74, 6) is 1.08. The zero-order valence-electron chi connectivity index (χ0n) is 18.9. The van der Waals surface area contributed by atoms with Gasteiger partial charge in [-0.25, -0.2) is 29.9 Å². The number of fused-ring (bicyclic) bond motifs is 15. The summed E-state index contributed by atoms with van der Waals surface area (Å²) in [5, 5.41) is 2.74. The van der Waals surface area contributed by atoms with Gasteiger partial charge >= 0.3 is 0 Å². The van der Waals surface area contributed by atoms with Crippen LogP contribution >= 0.6 is 0 Å². The van der Waals surface area contributed by atoms with E-state index in [9.17, 15) is 4.79 Å². The van der Waals surface area contributed by atoms with E-state index < -0.39 is 0 Å². The lowest BCUT2D eigenvalue weighted by molar-refractivity contribution is -0.117. The topological polar surface area (TPSA) is 172 Å². The normalized spacial score (nSPS) is 16.1. The van der Waals surface area contributed by atoms with Crippen LogP contribution in [0.4, 0.5) is 0 Å². The van der Waals surface area contributed by atoms with Crippen LogP contribution in [-0.2, 0) is 17.8 Å². The van der Waals surface area contributed by atoms with E-state index in [0.717, 1.165) is 0 Å². The summed E-state index contributed by atoms with van der Waals surface area (Å²) < 4.78 is 27.6. The standard InChI is InChI=1S/C24H15N7O6/c32-21-14-5-4-13(27-14)15-8-36-23(30-15)16-9-33-19(28-16)3-1-2-12-7-35-22(26-12)18-11-37-24(31-18)17-10-34-20(29-17)6-25-21/h1,3,5,7-11H,2,4,6H2,(H,25,32)/b3-1+. The Balaban J connectivity index is 1.21. The van der Waals surface area contributed by atoms with E-state index in [-0.39, 0.29) is 35.8 Å². The predicted molar refractivity (Wildman–Crippen MR) is 123 cm³/mol. The van der Waals surface area contributed by atoms with Crippen molar-refractivity contribution >= 4 is 17.7 Å². The summed E-state index contributed by atoms with van der Waals surface area (Å²) in [4.78, 5) is 39.0. The molecule has 0 radical (unpaired) electrons. The van der Waals surface area contributed by atoms with Crippen molar-refractivity contribution in [2.24, 2.45) is 4.99 Å². The first-order valence-electron chi connectivity index (χ1n) is 11.2.